The lowest BCUT2D eigenvalue weighted by Crippen LogP contribution is -2.40. The molecule has 0 fully saturated rings. The summed E-state index contributed by atoms with van der Waals surface area (Å²) in [5, 5.41) is 24.5. The third-order valence-electron chi connectivity index (χ3n) is 4.83. The number of benzene rings is 1. The van der Waals surface area contributed by atoms with Crippen molar-refractivity contribution in [3.8, 4) is 0 Å². The van der Waals surface area contributed by atoms with E-state index in [9.17, 15) is 19.5 Å². The minimum absolute atomic E-state index is 0.175. The molecule has 1 amide bonds. The van der Waals surface area contributed by atoms with Crippen molar-refractivity contribution in [2.45, 2.75) is 38.9 Å². The van der Waals surface area contributed by atoms with Crippen molar-refractivity contribution in [1.29, 1.82) is 0 Å². The number of nitrogens with zero attached hydrogens (tertiary/aromatic N) is 2. The lowest BCUT2D eigenvalue weighted by Gasteiger charge is -2.20. The normalized spacial score (nSPS) is 13.4. The highest BCUT2D eigenvalue weighted by molar-refractivity contribution is 7.17. The highest BCUT2D eigenvalue weighted by atomic mass is 32.1. The quantitative estimate of drug-likeness (QED) is 0.468. The second-order valence-corrected chi connectivity index (χ2v) is 8.37. The number of hydrogen-bond donors (Lipinski definition) is 4. The third-order valence-corrected chi connectivity index (χ3v) is 6.03. The van der Waals surface area contributed by atoms with Gasteiger partial charge in [-0.25, -0.2) is 4.79 Å². The van der Waals surface area contributed by atoms with E-state index in [4.69, 9.17) is 5.11 Å². The van der Waals surface area contributed by atoms with Gasteiger partial charge in [0, 0.05) is 25.7 Å². The molecule has 0 unspecified atom stereocenters. The molecular weight excluding hydrogens is 420 g/mol. The van der Waals surface area contributed by atoms with Crippen molar-refractivity contribution in [3.05, 3.63) is 46.3 Å². The lowest BCUT2D eigenvalue weighted by molar-refractivity contribution is -0.140. The predicted octanol–water partition coefficient (Wildman–Crippen LogP) is 2.78. The Morgan fingerprint density at radius 1 is 1.26 bits per heavy atom. The summed E-state index contributed by atoms with van der Waals surface area (Å²) in [4.78, 5) is 41.2. The molecule has 31 heavy (non-hydrogen) atoms. The van der Waals surface area contributed by atoms with Crippen molar-refractivity contribution in [2.75, 3.05) is 17.3 Å². The number of fused-ring (bicyclic) bond motifs is 1. The summed E-state index contributed by atoms with van der Waals surface area (Å²) in [5.41, 5.74) is 3.30. The Bertz CT molecular complexity index is 1030. The van der Waals surface area contributed by atoms with Crippen molar-refractivity contribution in [1.82, 2.24) is 5.32 Å². The topological polar surface area (TPSA) is 131 Å². The number of hydrogen-bond acceptors (Lipinski definition) is 7. The van der Waals surface area contributed by atoms with Gasteiger partial charge < -0.3 is 25.7 Å². The van der Waals surface area contributed by atoms with E-state index >= 15 is 0 Å². The molecule has 0 radical (unpaired) electrons. The van der Waals surface area contributed by atoms with Gasteiger partial charge in [-0.3, -0.25) is 14.6 Å². The van der Waals surface area contributed by atoms with Gasteiger partial charge in [0.25, 0.3) is 5.91 Å². The van der Waals surface area contributed by atoms with Crippen LogP contribution >= 0.6 is 11.3 Å². The fourth-order valence-corrected chi connectivity index (χ4v) is 4.07. The Morgan fingerprint density at radius 2 is 2.03 bits per heavy atom. The molecule has 0 saturated heterocycles. The zero-order valence-electron chi connectivity index (χ0n) is 17.2. The maximum atomic E-state index is 12.4. The van der Waals surface area contributed by atoms with Crippen LogP contribution in [0, 0.1) is 0 Å². The number of amides is 1. The molecule has 2 aromatic rings. The summed E-state index contributed by atoms with van der Waals surface area (Å²) in [6, 6.07) is 8.38. The molecule has 0 aliphatic carbocycles. The zero-order chi connectivity index (χ0) is 22.5. The van der Waals surface area contributed by atoms with Gasteiger partial charge in [0.05, 0.1) is 22.3 Å². The van der Waals surface area contributed by atoms with E-state index in [1.165, 1.54) is 11.3 Å². The number of carbonyl (C=O) groups is 3. The molecule has 1 atom stereocenters. The molecular formula is C21H24N4O5S. The summed E-state index contributed by atoms with van der Waals surface area (Å²) in [6.45, 7) is 3.20. The molecule has 1 aromatic heterocycles. The van der Waals surface area contributed by atoms with Crippen molar-refractivity contribution >= 4 is 45.7 Å². The fourth-order valence-electron chi connectivity index (χ4n) is 3.20. The van der Waals surface area contributed by atoms with E-state index in [0.717, 1.165) is 27.7 Å². The molecule has 9 nitrogen and oxygen atoms in total. The van der Waals surface area contributed by atoms with Gasteiger partial charge in [-0.05, 0) is 42.7 Å². The average molecular weight is 445 g/mol. The Kier molecular flexibility index (Phi) is 6.91. The SMILES string of the molecule is CC1=NCc2cc(CN(C)c3ccc(C(=O)N[C@@H](CCC(=O)O)C(=O)O)s3)ccc2N1. The van der Waals surface area contributed by atoms with Crippen LogP contribution in [0.3, 0.4) is 0 Å². The molecule has 2 heterocycles. The van der Waals surface area contributed by atoms with Crippen molar-refractivity contribution < 1.29 is 24.6 Å². The highest BCUT2D eigenvalue weighted by Crippen LogP contribution is 2.28. The summed E-state index contributed by atoms with van der Waals surface area (Å²) >= 11 is 1.25. The number of carboxylic acids is 2. The first-order valence-corrected chi connectivity index (χ1v) is 10.5. The molecule has 3 rings (SSSR count). The molecule has 0 spiro atoms. The fraction of sp³-hybridized carbons (Fsp3) is 0.333. The Morgan fingerprint density at radius 3 is 2.74 bits per heavy atom. The highest BCUT2D eigenvalue weighted by Gasteiger charge is 2.22. The van der Waals surface area contributed by atoms with Gasteiger partial charge in [-0.1, -0.05) is 12.1 Å². The molecule has 1 aliphatic rings. The number of anilines is 2. The van der Waals surface area contributed by atoms with Crippen LogP contribution in [0.2, 0.25) is 0 Å². The van der Waals surface area contributed by atoms with Gasteiger partial charge >= 0.3 is 11.9 Å². The Balaban J connectivity index is 1.63. The third kappa shape index (κ3) is 5.82. The summed E-state index contributed by atoms with van der Waals surface area (Å²) in [5.74, 6) is -2.00. The van der Waals surface area contributed by atoms with Crippen LogP contribution in [0.1, 0.15) is 40.6 Å². The number of aliphatic imine (C=N–C) groups is 1. The predicted molar refractivity (Wildman–Crippen MR) is 119 cm³/mol. The number of carboxylic acid groups (broad SMARTS) is 2. The number of thiophene rings is 1. The first-order valence-electron chi connectivity index (χ1n) is 9.69. The molecule has 164 valence electrons. The minimum atomic E-state index is -1.26. The lowest BCUT2D eigenvalue weighted by atomic mass is 10.1. The van der Waals surface area contributed by atoms with Crippen LogP contribution in [0.5, 0.6) is 0 Å². The van der Waals surface area contributed by atoms with Gasteiger partial charge in [-0.15, -0.1) is 11.3 Å². The maximum Gasteiger partial charge on any atom is 0.326 e. The van der Waals surface area contributed by atoms with Crippen LogP contribution in [0.4, 0.5) is 10.7 Å². The van der Waals surface area contributed by atoms with Crippen LogP contribution in [0.15, 0.2) is 35.3 Å². The number of aliphatic carboxylic acids is 2. The van der Waals surface area contributed by atoms with Gasteiger partial charge in [0.2, 0.25) is 0 Å². The number of carbonyl (C=O) groups excluding carboxylic acids is 1. The summed E-state index contributed by atoms with van der Waals surface area (Å²) in [6.07, 6.45) is -0.512. The monoisotopic (exact) mass is 444 g/mol. The van der Waals surface area contributed by atoms with Gasteiger partial charge in [0.15, 0.2) is 0 Å². The maximum absolute atomic E-state index is 12.4. The van der Waals surface area contributed by atoms with E-state index in [1.807, 2.05) is 31.0 Å². The molecule has 4 N–H and O–H groups in total. The van der Waals surface area contributed by atoms with Crippen LogP contribution < -0.4 is 15.5 Å². The minimum Gasteiger partial charge on any atom is -0.481 e. The molecule has 10 heteroatoms. The largest absolute Gasteiger partial charge is 0.481 e. The standard InChI is InChI=1S/C21H24N4O5S/c1-12-22-10-14-9-13(3-4-15(14)23-12)11-25(2)18-7-6-17(31-18)20(28)24-16(21(29)30)5-8-19(26)27/h3-4,6-7,9,16H,5,8,10-11H2,1-2H3,(H,22,23)(H,24,28)(H,26,27)(H,29,30)/t16-/m0/s1. The average Bonchev–Trinajstić information content (AvgIpc) is 3.21. The van der Waals surface area contributed by atoms with Crippen molar-refractivity contribution in [2.24, 2.45) is 4.99 Å². The summed E-state index contributed by atoms with van der Waals surface area (Å²) in [7, 11) is 1.92. The van der Waals surface area contributed by atoms with Crippen molar-refractivity contribution in [3.63, 3.8) is 0 Å². The number of nitrogens with one attached hydrogen (secondary N) is 2. The first-order chi connectivity index (χ1) is 14.7. The van der Waals surface area contributed by atoms with Crippen LogP contribution in [0.25, 0.3) is 0 Å². The van der Waals surface area contributed by atoms with E-state index in [0.29, 0.717) is 18.0 Å². The second-order valence-electron chi connectivity index (χ2n) is 7.31. The van der Waals surface area contributed by atoms with E-state index in [2.05, 4.69) is 21.7 Å². The smallest absolute Gasteiger partial charge is 0.326 e. The molecule has 0 bridgehead atoms. The Labute approximate surface area is 183 Å². The number of amidine groups is 1. The van der Waals surface area contributed by atoms with Crippen LogP contribution in [-0.4, -0.2) is 47.0 Å². The first kappa shape index (κ1) is 22.3. The Hall–Kier alpha value is -3.40. The molecule has 0 saturated carbocycles. The zero-order valence-corrected chi connectivity index (χ0v) is 18.0. The second kappa shape index (κ2) is 9.61. The summed E-state index contributed by atoms with van der Waals surface area (Å²) < 4.78 is 0. The van der Waals surface area contributed by atoms with E-state index < -0.39 is 23.9 Å². The van der Waals surface area contributed by atoms with Gasteiger partial charge in [-0.2, -0.15) is 0 Å². The molecule has 1 aromatic carbocycles. The number of rotatable bonds is 9. The van der Waals surface area contributed by atoms with E-state index in [-0.39, 0.29) is 12.8 Å². The van der Waals surface area contributed by atoms with Gasteiger partial charge in [0.1, 0.15) is 6.04 Å². The molecule has 1 aliphatic heterocycles. The van der Waals surface area contributed by atoms with Crippen LogP contribution in [-0.2, 0) is 22.7 Å². The van der Waals surface area contributed by atoms with E-state index in [1.54, 1.807) is 12.1 Å².